The molecule has 14 heavy (non-hydrogen) atoms. The number of rotatable bonds is 5. The molecule has 0 amide bonds. The Bertz CT molecular complexity index is 312. The molecule has 78 valence electrons. The monoisotopic (exact) mass is 214 g/mol. The second kappa shape index (κ2) is 4.95. The molecule has 4 nitrogen and oxygen atoms in total. The SMILES string of the molecule is CCc1csc(NC(C)CC(=O)O)n1. The van der Waals surface area contributed by atoms with Crippen molar-refractivity contribution in [1.82, 2.24) is 4.98 Å². The van der Waals surface area contributed by atoms with Gasteiger partial charge in [0.05, 0.1) is 12.1 Å². The second-order valence-corrected chi connectivity index (χ2v) is 4.00. The number of hydrogen-bond acceptors (Lipinski definition) is 4. The number of carboxylic acids is 1. The van der Waals surface area contributed by atoms with Crippen LogP contribution >= 0.6 is 11.3 Å². The molecular formula is C9H14N2O2S. The number of thiazole rings is 1. The molecule has 0 saturated heterocycles. The molecule has 1 rings (SSSR count). The van der Waals surface area contributed by atoms with Crippen LogP contribution in [0.15, 0.2) is 5.38 Å². The van der Waals surface area contributed by atoms with Crippen LogP contribution in [0.3, 0.4) is 0 Å². The third-order valence-corrected chi connectivity index (χ3v) is 2.59. The molecule has 1 heterocycles. The van der Waals surface area contributed by atoms with E-state index in [1.54, 1.807) is 0 Å². The Morgan fingerprint density at radius 3 is 3.00 bits per heavy atom. The Labute approximate surface area is 87.0 Å². The summed E-state index contributed by atoms with van der Waals surface area (Å²) < 4.78 is 0. The zero-order chi connectivity index (χ0) is 10.6. The van der Waals surface area contributed by atoms with E-state index in [4.69, 9.17) is 5.11 Å². The molecule has 0 bridgehead atoms. The van der Waals surface area contributed by atoms with Crippen molar-refractivity contribution in [2.24, 2.45) is 0 Å². The lowest BCUT2D eigenvalue weighted by molar-refractivity contribution is -0.137. The molecule has 1 aromatic heterocycles. The Kier molecular flexibility index (Phi) is 3.88. The fourth-order valence-electron chi connectivity index (χ4n) is 1.06. The molecule has 0 spiro atoms. The minimum absolute atomic E-state index is 0.0802. The normalized spacial score (nSPS) is 12.4. The summed E-state index contributed by atoms with van der Waals surface area (Å²) in [6.07, 6.45) is 1.02. The predicted molar refractivity (Wildman–Crippen MR) is 56.8 cm³/mol. The third kappa shape index (κ3) is 3.33. The smallest absolute Gasteiger partial charge is 0.305 e. The molecule has 1 aromatic rings. The van der Waals surface area contributed by atoms with Gasteiger partial charge in [0.15, 0.2) is 5.13 Å². The van der Waals surface area contributed by atoms with Crippen LogP contribution in [0.1, 0.15) is 26.0 Å². The third-order valence-electron chi connectivity index (χ3n) is 1.76. The van der Waals surface area contributed by atoms with Crippen molar-refractivity contribution < 1.29 is 9.90 Å². The molecule has 5 heteroatoms. The van der Waals surface area contributed by atoms with E-state index in [9.17, 15) is 4.79 Å². The van der Waals surface area contributed by atoms with Gasteiger partial charge in [-0.15, -0.1) is 11.3 Å². The van der Waals surface area contributed by atoms with Crippen molar-refractivity contribution >= 4 is 22.4 Å². The standard InChI is InChI=1S/C9H14N2O2S/c1-3-7-5-14-9(11-7)10-6(2)4-8(12)13/h5-6H,3-4H2,1-2H3,(H,10,11)(H,12,13). The van der Waals surface area contributed by atoms with E-state index >= 15 is 0 Å². The molecular weight excluding hydrogens is 200 g/mol. The van der Waals surface area contributed by atoms with Gasteiger partial charge in [-0.3, -0.25) is 4.79 Å². The van der Waals surface area contributed by atoms with Crippen LogP contribution in [0.2, 0.25) is 0 Å². The Morgan fingerprint density at radius 1 is 1.79 bits per heavy atom. The molecule has 0 radical (unpaired) electrons. The molecule has 0 fully saturated rings. The molecule has 1 unspecified atom stereocenters. The van der Waals surface area contributed by atoms with Crippen molar-refractivity contribution in [1.29, 1.82) is 0 Å². The van der Waals surface area contributed by atoms with E-state index in [2.05, 4.69) is 10.3 Å². The van der Waals surface area contributed by atoms with Crippen LogP contribution in [0.4, 0.5) is 5.13 Å². The highest BCUT2D eigenvalue weighted by molar-refractivity contribution is 7.13. The summed E-state index contributed by atoms with van der Waals surface area (Å²) >= 11 is 1.51. The van der Waals surface area contributed by atoms with Gasteiger partial charge in [-0.05, 0) is 13.3 Å². The highest BCUT2D eigenvalue weighted by atomic mass is 32.1. The Balaban J connectivity index is 2.47. The van der Waals surface area contributed by atoms with Gasteiger partial charge in [-0.25, -0.2) is 4.98 Å². The van der Waals surface area contributed by atoms with Crippen LogP contribution in [-0.4, -0.2) is 22.1 Å². The van der Waals surface area contributed by atoms with E-state index in [0.717, 1.165) is 17.2 Å². The molecule has 2 N–H and O–H groups in total. The van der Waals surface area contributed by atoms with Crippen molar-refractivity contribution in [3.63, 3.8) is 0 Å². The van der Waals surface area contributed by atoms with Gasteiger partial charge in [0.25, 0.3) is 0 Å². The maximum atomic E-state index is 10.4. The van der Waals surface area contributed by atoms with Gasteiger partial charge < -0.3 is 10.4 Å². The number of hydrogen-bond donors (Lipinski definition) is 2. The second-order valence-electron chi connectivity index (χ2n) is 3.14. The van der Waals surface area contributed by atoms with Crippen molar-refractivity contribution in [3.05, 3.63) is 11.1 Å². The van der Waals surface area contributed by atoms with Gasteiger partial charge >= 0.3 is 5.97 Å². The minimum atomic E-state index is -0.794. The summed E-state index contributed by atoms with van der Waals surface area (Å²) in [5, 5.41) is 14.4. The van der Waals surface area contributed by atoms with Crippen molar-refractivity contribution in [2.45, 2.75) is 32.7 Å². The quantitative estimate of drug-likeness (QED) is 0.786. The molecule has 0 aliphatic rings. The average Bonchev–Trinajstić information content (AvgIpc) is 2.50. The zero-order valence-electron chi connectivity index (χ0n) is 8.28. The summed E-state index contributed by atoms with van der Waals surface area (Å²) in [4.78, 5) is 14.7. The van der Waals surface area contributed by atoms with E-state index in [1.807, 2.05) is 19.2 Å². The Morgan fingerprint density at radius 2 is 2.50 bits per heavy atom. The number of aromatic nitrogens is 1. The van der Waals surface area contributed by atoms with E-state index < -0.39 is 5.97 Å². The number of aliphatic carboxylic acids is 1. The predicted octanol–water partition coefficient (Wildman–Crippen LogP) is 1.98. The van der Waals surface area contributed by atoms with Crippen molar-refractivity contribution in [2.75, 3.05) is 5.32 Å². The summed E-state index contributed by atoms with van der Waals surface area (Å²) in [5.74, 6) is -0.794. The fourth-order valence-corrected chi connectivity index (χ4v) is 1.97. The van der Waals surface area contributed by atoms with Crippen LogP contribution < -0.4 is 5.32 Å². The number of aryl methyl sites for hydroxylation is 1. The lowest BCUT2D eigenvalue weighted by atomic mass is 10.2. The lowest BCUT2D eigenvalue weighted by Gasteiger charge is -2.09. The van der Waals surface area contributed by atoms with Gasteiger partial charge in [0.1, 0.15) is 0 Å². The van der Waals surface area contributed by atoms with Gasteiger partial charge in [-0.2, -0.15) is 0 Å². The molecule has 0 aliphatic heterocycles. The van der Waals surface area contributed by atoms with Crippen LogP contribution in [0.25, 0.3) is 0 Å². The van der Waals surface area contributed by atoms with E-state index in [1.165, 1.54) is 11.3 Å². The first-order chi connectivity index (χ1) is 6.61. The summed E-state index contributed by atoms with van der Waals surface area (Å²) in [6.45, 7) is 3.88. The molecule has 0 aromatic carbocycles. The van der Waals surface area contributed by atoms with E-state index in [-0.39, 0.29) is 12.5 Å². The Hall–Kier alpha value is -1.10. The highest BCUT2D eigenvalue weighted by Crippen LogP contribution is 2.17. The van der Waals surface area contributed by atoms with E-state index in [0.29, 0.717) is 0 Å². The number of carbonyl (C=O) groups is 1. The largest absolute Gasteiger partial charge is 0.481 e. The maximum absolute atomic E-state index is 10.4. The zero-order valence-corrected chi connectivity index (χ0v) is 9.10. The fraction of sp³-hybridized carbons (Fsp3) is 0.556. The molecule has 0 aliphatic carbocycles. The number of nitrogens with one attached hydrogen (secondary N) is 1. The van der Waals surface area contributed by atoms with Crippen LogP contribution in [0.5, 0.6) is 0 Å². The average molecular weight is 214 g/mol. The van der Waals surface area contributed by atoms with Crippen LogP contribution in [0, 0.1) is 0 Å². The summed E-state index contributed by atoms with van der Waals surface area (Å²) in [7, 11) is 0. The highest BCUT2D eigenvalue weighted by Gasteiger charge is 2.08. The first-order valence-corrected chi connectivity index (χ1v) is 5.42. The first-order valence-electron chi connectivity index (χ1n) is 4.54. The van der Waals surface area contributed by atoms with Crippen molar-refractivity contribution in [3.8, 4) is 0 Å². The number of carboxylic acid groups (broad SMARTS) is 1. The minimum Gasteiger partial charge on any atom is -0.481 e. The van der Waals surface area contributed by atoms with Gasteiger partial charge in [-0.1, -0.05) is 6.92 Å². The lowest BCUT2D eigenvalue weighted by Crippen LogP contribution is -2.19. The topological polar surface area (TPSA) is 62.2 Å². The van der Waals surface area contributed by atoms with Gasteiger partial charge in [0.2, 0.25) is 0 Å². The van der Waals surface area contributed by atoms with Crippen LogP contribution in [-0.2, 0) is 11.2 Å². The maximum Gasteiger partial charge on any atom is 0.305 e. The van der Waals surface area contributed by atoms with Gasteiger partial charge in [0, 0.05) is 11.4 Å². The molecule has 0 saturated carbocycles. The first kappa shape index (κ1) is 11.0. The summed E-state index contributed by atoms with van der Waals surface area (Å²) in [5.41, 5.74) is 1.04. The summed E-state index contributed by atoms with van der Waals surface area (Å²) in [6, 6.07) is -0.0802. The number of nitrogens with zero attached hydrogens (tertiary/aromatic N) is 1. The number of anilines is 1. The molecule has 1 atom stereocenters.